The lowest BCUT2D eigenvalue weighted by Gasteiger charge is -2.10. The number of hydrogen-bond acceptors (Lipinski definition) is 3. The molecule has 0 aliphatic carbocycles. The highest BCUT2D eigenvalue weighted by Crippen LogP contribution is 2.27. The molecule has 4 aromatic rings. The van der Waals surface area contributed by atoms with Gasteiger partial charge in [-0.1, -0.05) is 59.1 Å². The zero-order valence-electron chi connectivity index (χ0n) is 18.6. The highest BCUT2D eigenvalue weighted by molar-refractivity contribution is 6.36. The maximum absolute atomic E-state index is 12.7. The van der Waals surface area contributed by atoms with Gasteiger partial charge in [-0.3, -0.25) is 9.48 Å². The fourth-order valence-corrected chi connectivity index (χ4v) is 4.08. The second kappa shape index (κ2) is 10.5. The van der Waals surface area contributed by atoms with Crippen LogP contribution in [0.3, 0.4) is 0 Å². The molecule has 0 aliphatic heterocycles. The highest BCUT2D eigenvalue weighted by atomic mass is 35.5. The van der Waals surface area contributed by atoms with Crippen LogP contribution in [0.1, 0.15) is 32.7 Å². The van der Waals surface area contributed by atoms with Crippen molar-refractivity contribution in [2.75, 3.05) is 5.32 Å². The van der Waals surface area contributed by atoms with E-state index in [0.717, 1.165) is 22.4 Å². The third-order valence-electron chi connectivity index (χ3n) is 5.29. The summed E-state index contributed by atoms with van der Waals surface area (Å²) in [4.78, 5) is 12.7. The van der Waals surface area contributed by atoms with Gasteiger partial charge in [0.25, 0.3) is 5.91 Å². The molecule has 5 nitrogen and oxygen atoms in total. The predicted molar refractivity (Wildman–Crippen MR) is 137 cm³/mol. The summed E-state index contributed by atoms with van der Waals surface area (Å²) in [6.07, 6.45) is 0. The fourth-order valence-electron chi connectivity index (χ4n) is 3.39. The number of carbonyl (C=O) groups excluding carboxylic acids is 1. The Balaban J connectivity index is 1.39. The number of benzene rings is 3. The fraction of sp³-hybridized carbons (Fsp3) is 0.154. The molecular weight excluding hydrogens is 493 g/mol. The molecule has 4 rings (SSSR count). The van der Waals surface area contributed by atoms with Gasteiger partial charge >= 0.3 is 0 Å². The van der Waals surface area contributed by atoms with E-state index in [0.29, 0.717) is 45.4 Å². The van der Waals surface area contributed by atoms with Crippen LogP contribution in [0, 0.1) is 13.8 Å². The van der Waals surface area contributed by atoms with Crippen LogP contribution >= 0.6 is 34.8 Å². The predicted octanol–water partition coefficient (Wildman–Crippen LogP) is 7.34. The van der Waals surface area contributed by atoms with E-state index in [4.69, 9.17) is 39.5 Å². The van der Waals surface area contributed by atoms with E-state index in [1.807, 2.05) is 44.2 Å². The normalized spacial score (nSPS) is 10.9. The van der Waals surface area contributed by atoms with Gasteiger partial charge in [0.05, 0.1) is 11.6 Å². The van der Waals surface area contributed by atoms with Crippen LogP contribution < -0.4 is 10.1 Å². The number of amides is 1. The van der Waals surface area contributed by atoms with E-state index >= 15 is 0 Å². The van der Waals surface area contributed by atoms with Gasteiger partial charge in [-0.15, -0.1) is 0 Å². The van der Waals surface area contributed by atoms with E-state index in [9.17, 15) is 4.79 Å². The Morgan fingerprint density at radius 3 is 2.35 bits per heavy atom. The molecule has 8 heteroatoms. The summed E-state index contributed by atoms with van der Waals surface area (Å²) in [5.41, 5.74) is 4.15. The molecule has 3 aromatic carbocycles. The van der Waals surface area contributed by atoms with Crippen molar-refractivity contribution in [3.8, 4) is 5.75 Å². The molecule has 0 saturated heterocycles. The van der Waals surface area contributed by atoms with Crippen LogP contribution in [0.25, 0.3) is 0 Å². The highest BCUT2D eigenvalue weighted by Gasteiger charge is 2.13. The Hall–Kier alpha value is -2.99. The Morgan fingerprint density at radius 1 is 0.941 bits per heavy atom. The summed E-state index contributed by atoms with van der Waals surface area (Å²) in [6.45, 7) is 4.63. The number of aromatic nitrogens is 2. The monoisotopic (exact) mass is 513 g/mol. The van der Waals surface area contributed by atoms with E-state index in [2.05, 4.69) is 10.4 Å². The molecule has 0 spiro atoms. The van der Waals surface area contributed by atoms with Gasteiger partial charge in [0.15, 0.2) is 5.82 Å². The second-order valence-corrected chi connectivity index (χ2v) is 9.12. The molecule has 0 fully saturated rings. The molecule has 174 valence electrons. The molecule has 34 heavy (non-hydrogen) atoms. The zero-order chi connectivity index (χ0) is 24.2. The number of halogens is 3. The largest absolute Gasteiger partial charge is 0.487 e. The van der Waals surface area contributed by atoms with Crippen LogP contribution in [0.15, 0.2) is 66.7 Å². The lowest BCUT2D eigenvalue weighted by atomic mass is 10.1. The van der Waals surface area contributed by atoms with Gasteiger partial charge in [-0.05, 0) is 61.4 Å². The van der Waals surface area contributed by atoms with E-state index in [1.54, 1.807) is 41.1 Å². The lowest BCUT2D eigenvalue weighted by molar-refractivity contribution is 0.102. The molecule has 0 saturated carbocycles. The van der Waals surface area contributed by atoms with Crippen molar-refractivity contribution in [1.29, 1.82) is 0 Å². The number of rotatable bonds is 7. The van der Waals surface area contributed by atoms with Crippen LogP contribution in [-0.4, -0.2) is 15.7 Å². The van der Waals surface area contributed by atoms with Gasteiger partial charge in [0.1, 0.15) is 12.4 Å². The van der Waals surface area contributed by atoms with Crippen molar-refractivity contribution in [3.63, 3.8) is 0 Å². The first kappa shape index (κ1) is 24.1. The quantitative estimate of drug-likeness (QED) is 0.281. The number of aryl methyl sites for hydroxylation is 2. The average molecular weight is 515 g/mol. The van der Waals surface area contributed by atoms with Gasteiger partial charge in [0.2, 0.25) is 0 Å². The van der Waals surface area contributed by atoms with E-state index in [1.165, 1.54) is 0 Å². The van der Waals surface area contributed by atoms with Gasteiger partial charge in [-0.2, -0.15) is 5.10 Å². The molecule has 1 heterocycles. The number of nitrogens with one attached hydrogen (secondary N) is 1. The SMILES string of the molecule is Cc1ccc(Cl)c(OCc2ccc(C(=O)Nc3cc(C)n(Cc4c(Cl)cccc4Cl)n3)cc2)c1. The number of nitrogens with zero attached hydrogens (tertiary/aromatic N) is 2. The van der Waals surface area contributed by atoms with Crippen molar-refractivity contribution in [1.82, 2.24) is 9.78 Å². The van der Waals surface area contributed by atoms with Gasteiger partial charge in [0, 0.05) is 32.9 Å². The first-order valence-electron chi connectivity index (χ1n) is 10.6. The topological polar surface area (TPSA) is 56.1 Å². The number of carbonyl (C=O) groups is 1. The van der Waals surface area contributed by atoms with Crippen molar-refractivity contribution < 1.29 is 9.53 Å². The third-order valence-corrected chi connectivity index (χ3v) is 6.31. The third kappa shape index (κ3) is 5.73. The molecule has 0 radical (unpaired) electrons. The summed E-state index contributed by atoms with van der Waals surface area (Å²) < 4.78 is 7.57. The minimum Gasteiger partial charge on any atom is -0.487 e. The number of ether oxygens (including phenoxy) is 1. The minimum atomic E-state index is -0.255. The summed E-state index contributed by atoms with van der Waals surface area (Å²) in [6, 6.07) is 20.0. The van der Waals surface area contributed by atoms with Crippen LogP contribution in [-0.2, 0) is 13.2 Å². The molecule has 0 aliphatic rings. The van der Waals surface area contributed by atoms with Crippen molar-refractivity contribution in [3.05, 3.63) is 110 Å². The maximum atomic E-state index is 12.7. The first-order valence-corrected chi connectivity index (χ1v) is 11.7. The smallest absolute Gasteiger partial charge is 0.256 e. The minimum absolute atomic E-state index is 0.255. The van der Waals surface area contributed by atoms with Crippen molar-refractivity contribution in [2.45, 2.75) is 27.0 Å². The van der Waals surface area contributed by atoms with Gasteiger partial charge < -0.3 is 10.1 Å². The molecule has 0 unspecified atom stereocenters. The molecular formula is C26H22Cl3N3O2. The average Bonchev–Trinajstić information content (AvgIpc) is 3.15. The summed E-state index contributed by atoms with van der Waals surface area (Å²) in [5, 5.41) is 9.03. The zero-order valence-corrected chi connectivity index (χ0v) is 20.9. The summed E-state index contributed by atoms with van der Waals surface area (Å²) in [7, 11) is 0. The van der Waals surface area contributed by atoms with Crippen LogP contribution in [0.5, 0.6) is 5.75 Å². The number of hydrogen-bond donors (Lipinski definition) is 1. The molecule has 0 atom stereocenters. The Morgan fingerprint density at radius 2 is 1.65 bits per heavy atom. The van der Waals surface area contributed by atoms with Crippen LogP contribution in [0.2, 0.25) is 15.1 Å². The molecule has 1 N–H and O–H groups in total. The molecule has 1 amide bonds. The van der Waals surface area contributed by atoms with Crippen molar-refractivity contribution >= 4 is 46.5 Å². The van der Waals surface area contributed by atoms with E-state index in [-0.39, 0.29) is 5.91 Å². The molecule has 1 aromatic heterocycles. The second-order valence-electron chi connectivity index (χ2n) is 7.90. The summed E-state index contributed by atoms with van der Waals surface area (Å²) >= 11 is 18.7. The van der Waals surface area contributed by atoms with E-state index < -0.39 is 0 Å². The van der Waals surface area contributed by atoms with Crippen molar-refractivity contribution in [2.24, 2.45) is 0 Å². The summed E-state index contributed by atoms with van der Waals surface area (Å²) in [5.74, 6) is 0.828. The first-order chi connectivity index (χ1) is 16.3. The Kier molecular flexibility index (Phi) is 7.47. The number of anilines is 1. The Labute approximate surface area is 213 Å². The maximum Gasteiger partial charge on any atom is 0.256 e. The molecule has 0 bridgehead atoms. The lowest BCUT2D eigenvalue weighted by Crippen LogP contribution is -2.13. The standard InChI is InChI=1S/C26H22Cl3N3O2/c1-16-6-11-23(29)24(12-16)34-15-18-7-9-19(10-8-18)26(33)30-25-13-17(2)32(31-25)14-20-21(27)4-3-5-22(20)28/h3-13H,14-15H2,1-2H3,(H,30,31,33). The van der Waals surface area contributed by atoms with Gasteiger partial charge in [-0.25, -0.2) is 0 Å². The van der Waals surface area contributed by atoms with Crippen LogP contribution in [0.4, 0.5) is 5.82 Å². The Bertz CT molecular complexity index is 1310.